The Labute approximate surface area is 130 Å². The fourth-order valence-electron chi connectivity index (χ4n) is 2.89. The predicted molar refractivity (Wildman–Crippen MR) is 90.9 cm³/mol. The Morgan fingerprint density at radius 3 is 2.68 bits per heavy atom. The van der Waals surface area contributed by atoms with Gasteiger partial charge in [0.05, 0.1) is 5.69 Å². The lowest BCUT2D eigenvalue weighted by atomic mass is 10.1. The van der Waals surface area contributed by atoms with E-state index in [-0.39, 0.29) is 0 Å². The highest BCUT2D eigenvalue weighted by Gasteiger charge is 2.11. The van der Waals surface area contributed by atoms with Crippen molar-refractivity contribution >= 4 is 22.3 Å². The molecule has 5 nitrogen and oxygen atoms in total. The summed E-state index contributed by atoms with van der Waals surface area (Å²) >= 11 is 0. The minimum Gasteiger partial charge on any atom is -0.398 e. The standard InChI is InChI=1S/C17H21N5/c1-10-8-19-17(13-6-5-7-15(18)16(10)13)20-9-14-11(2)21-22(4)12(14)3/h5-8H,9,18H2,1-4H3,(H,19,20). The Morgan fingerprint density at radius 1 is 1.23 bits per heavy atom. The van der Waals surface area contributed by atoms with E-state index < -0.39 is 0 Å². The van der Waals surface area contributed by atoms with E-state index >= 15 is 0 Å². The second-order valence-corrected chi connectivity index (χ2v) is 5.69. The average molecular weight is 295 g/mol. The van der Waals surface area contributed by atoms with Gasteiger partial charge in [-0.3, -0.25) is 4.68 Å². The second kappa shape index (κ2) is 5.33. The molecular weight excluding hydrogens is 274 g/mol. The molecule has 0 amide bonds. The summed E-state index contributed by atoms with van der Waals surface area (Å²) < 4.78 is 1.91. The Balaban J connectivity index is 1.98. The smallest absolute Gasteiger partial charge is 0.134 e. The minimum atomic E-state index is 0.700. The van der Waals surface area contributed by atoms with E-state index in [0.29, 0.717) is 6.54 Å². The lowest BCUT2D eigenvalue weighted by molar-refractivity contribution is 0.730. The van der Waals surface area contributed by atoms with Crippen molar-refractivity contribution in [3.63, 3.8) is 0 Å². The number of nitrogen functional groups attached to an aromatic ring is 1. The zero-order valence-corrected chi connectivity index (χ0v) is 13.4. The summed E-state index contributed by atoms with van der Waals surface area (Å²) in [5.74, 6) is 0.857. The van der Waals surface area contributed by atoms with Crippen molar-refractivity contribution in [2.24, 2.45) is 7.05 Å². The minimum absolute atomic E-state index is 0.700. The zero-order chi connectivity index (χ0) is 15.9. The molecule has 0 spiro atoms. The highest BCUT2D eigenvalue weighted by molar-refractivity contribution is 6.01. The van der Waals surface area contributed by atoms with Gasteiger partial charge in [0.1, 0.15) is 5.82 Å². The van der Waals surface area contributed by atoms with Gasteiger partial charge in [0, 0.05) is 47.5 Å². The van der Waals surface area contributed by atoms with E-state index in [9.17, 15) is 0 Å². The van der Waals surface area contributed by atoms with Crippen molar-refractivity contribution in [2.45, 2.75) is 27.3 Å². The first-order valence-electron chi connectivity index (χ1n) is 7.35. The van der Waals surface area contributed by atoms with Gasteiger partial charge in [-0.25, -0.2) is 4.98 Å². The van der Waals surface area contributed by atoms with Gasteiger partial charge < -0.3 is 11.1 Å². The fourth-order valence-corrected chi connectivity index (χ4v) is 2.89. The van der Waals surface area contributed by atoms with Gasteiger partial charge in [-0.15, -0.1) is 0 Å². The van der Waals surface area contributed by atoms with Crippen LogP contribution in [0.2, 0.25) is 0 Å². The molecule has 5 heteroatoms. The number of pyridine rings is 1. The number of rotatable bonds is 3. The maximum atomic E-state index is 6.12. The van der Waals surface area contributed by atoms with Crippen LogP contribution < -0.4 is 11.1 Å². The molecule has 0 aliphatic rings. The summed E-state index contributed by atoms with van der Waals surface area (Å²) in [6.07, 6.45) is 1.87. The van der Waals surface area contributed by atoms with Crippen molar-refractivity contribution in [2.75, 3.05) is 11.1 Å². The van der Waals surface area contributed by atoms with E-state index in [2.05, 4.69) is 28.4 Å². The van der Waals surface area contributed by atoms with Gasteiger partial charge in [0.25, 0.3) is 0 Å². The highest BCUT2D eigenvalue weighted by atomic mass is 15.3. The van der Waals surface area contributed by atoms with Crippen LogP contribution in [0, 0.1) is 20.8 Å². The summed E-state index contributed by atoms with van der Waals surface area (Å²) in [5.41, 5.74) is 11.4. The van der Waals surface area contributed by atoms with Gasteiger partial charge in [-0.05, 0) is 32.4 Å². The summed E-state index contributed by atoms with van der Waals surface area (Å²) in [5, 5.41) is 10.0. The number of hydrogen-bond acceptors (Lipinski definition) is 4. The average Bonchev–Trinajstić information content (AvgIpc) is 2.72. The van der Waals surface area contributed by atoms with Crippen LogP contribution in [-0.4, -0.2) is 14.8 Å². The molecule has 114 valence electrons. The third-order valence-electron chi connectivity index (χ3n) is 4.22. The van der Waals surface area contributed by atoms with E-state index in [0.717, 1.165) is 33.5 Å². The molecule has 22 heavy (non-hydrogen) atoms. The lowest BCUT2D eigenvalue weighted by Gasteiger charge is -2.12. The monoisotopic (exact) mass is 295 g/mol. The molecule has 0 aliphatic heterocycles. The number of fused-ring (bicyclic) bond motifs is 1. The summed E-state index contributed by atoms with van der Waals surface area (Å²) in [6.45, 7) is 6.84. The number of anilines is 2. The SMILES string of the molecule is Cc1nn(C)c(C)c1CNc1ncc(C)c2c(N)cccc12. The van der Waals surface area contributed by atoms with E-state index in [1.165, 1.54) is 11.3 Å². The Bertz CT molecular complexity index is 840. The highest BCUT2D eigenvalue weighted by Crippen LogP contribution is 2.29. The summed E-state index contributed by atoms with van der Waals surface area (Å²) in [6, 6.07) is 5.94. The first-order chi connectivity index (χ1) is 10.5. The summed E-state index contributed by atoms with van der Waals surface area (Å²) in [4.78, 5) is 4.53. The van der Waals surface area contributed by atoms with Gasteiger partial charge in [0.15, 0.2) is 0 Å². The number of benzene rings is 1. The fraction of sp³-hybridized carbons (Fsp3) is 0.294. The lowest BCUT2D eigenvalue weighted by Crippen LogP contribution is -2.05. The molecular formula is C17H21N5. The van der Waals surface area contributed by atoms with Crippen molar-refractivity contribution < 1.29 is 0 Å². The molecule has 0 atom stereocenters. The first kappa shape index (κ1) is 14.4. The molecule has 1 aromatic carbocycles. The van der Waals surface area contributed by atoms with Crippen molar-refractivity contribution in [3.05, 3.63) is 46.9 Å². The quantitative estimate of drug-likeness (QED) is 0.729. The Morgan fingerprint density at radius 2 is 2.00 bits per heavy atom. The first-order valence-corrected chi connectivity index (χ1v) is 7.35. The molecule has 0 radical (unpaired) electrons. The summed E-state index contributed by atoms with van der Waals surface area (Å²) in [7, 11) is 1.96. The van der Waals surface area contributed by atoms with Crippen LogP contribution >= 0.6 is 0 Å². The maximum absolute atomic E-state index is 6.12. The van der Waals surface area contributed by atoms with E-state index in [1.807, 2.05) is 43.9 Å². The predicted octanol–water partition coefficient (Wildman–Crippen LogP) is 3.09. The number of nitrogens with zero attached hydrogens (tertiary/aromatic N) is 3. The van der Waals surface area contributed by atoms with Crippen LogP contribution in [0.1, 0.15) is 22.5 Å². The molecule has 2 heterocycles. The van der Waals surface area contributed by atoms with Crippen LogP contribution in [0.4, 0.5) is 11.5 Å². The van der Waals surface area contributed by atoms with Gasteiger partial charge >= 0.3 is 0 Å². The van der Waals surface area contributed by atoms with Crippen LogP contribution in [-0.2, 0) is 13.6 Å². The molecule has 2 aromatic heterocycles. The third-order valence-corrected chi connectivity index (χ3v) is 4.22. The van der Waals surface area contributed by atoms with Crippen LogP contribution in [0.3, 0.4) is 0 Å². The van der Waals surface area contributed by atoms with Crippen LogP contribution in [0.15, 0.2) is 24.4 Å². The van der Waals surface area contributed by atoms with Crippen molar-refractivity contribution in [1.29, 1.82) is 0 Å². The molecule has 3 aromatic rings. The van der Waals surface area contributed by atoms with E-state index in [1.54, 1.807) is 0 Å². The second-order valence-electron chi connectivity index (χ2n) is 5.69. The number of aryl methyl sites for hydroxylation is 3. The molecule has 0 fully saturated rings. The van der Waals surface area contributed by atoms with Gasteiger partial charge in [-0.2, -0.15) is 5.10 Å². The largest absolute Gasteiger partial charge is 0.398 e. The number of nitrogens with one attached hydrogen (secondary N) is 1. The number of hydrogen-bond donors (Lipinski definition) is 2. The van der Waals surface area contributed by atoms with Crippen LogP contribution in [0.5, 0.6) is 0 Å². The van der Waals surface area contributed by atoms with Crippen molar-refractivity contribution in [3.8, 4) is 0 Å². The normalized spacial score (nSPS) is 11.1. The van der Waals surface area contributed by atoms with Gasteiger partial charge in [0.2, 0.25) is 0 Å². The van der Waals surface area contributed by atoms with Crippen molar-refractivity contribution in [1.82, 2.24) is 14.8 Å². The third kappa shape index (κ3) is 2.28. The number of aromatic nitrogens is 3. The molecule has 0 aliphatic carbocycles. The van der Waals surface area contributed by atoms with Crippen LogP contribution in [0.25, 0.3) is 10.8 Å². The molecule has 0 saturated heterocycles. The molecule has 0 bridgehead atoms. The molecule has 3 N–H and O–H groups in total. The van der Waals surface area contributed by atoms with E-state index in [4.69, 9.17) is 5.73 Å². The molecule has 0 saturated carbocycles. The Kier molecular flexibility index (Phi) is 3.48. The van der Waals surface area contributed by atoms with Gasteiger partial charge in [-0.1, -0.05) is 12.1 Å². The molecule has 3 rings (SSSR count). The Hall–Kier alpha value is -2.56. The topological polar surface area (TPSA) is 68.8 Å². The molecule has 0 unspecified atom stereocenters. The number of nitrogens with two attached hydrogens (primary N) is 1. The zero-order valence-electron chi connectivity index (χ0n) is 13.4. The maximum Gasteiger partial charge on any atom is 0.134 e.